The second-order valence-corrected chi connectivity index (χ2v) is 3.42. The first-order valence-electron chi connectivity index (χ1n) is 4.01. The molecule has 0 amide bonds. The van der Waals surface area contributed by atoms with E-state index in [1.54, 1.807) is 0 Å². The van der Waals surface area contributed by atoms with Crippen molar-refractivity contribution in [2.45, 2.75) is 26.7 Å². The first-order valence-corrected chi connectivity index (χ1v) is 4.01. The van der Waals surface area contributed by atoms with Gasteiger partial charge in [0.1, 0.15) is 11.2 Å². The quantitative estimate of drug-likeness (QED) is 0.604. The van der Waals surface area contributed by atoms with Gasteiger partial charge in [0.25, 0.3) is 0 Å². The van der Waals surface area contributed by atoms with Crippen LogP contribution < -0.4 is 0 Å². The zero-order chi connectivity index (χ0) is 8.01. The molecule has 2 aromatic rings. The maximum absolute atomic E-state index is 5.51. The molecule has 0 aliphatic rings. The molecule has 58 valence electrons. The van der Waals surface area contributed by atoms with Gasteiger partial charge in [0.2, 0.25) is 0 Å². The number of aryl methyl sites for hydroxylation is 1. The SMILES string of the molecule is Cc1cc2cc(C(C)C)c1o2. The van der Waals surface area contributed by atoms with Crippen LogP contribution in [0.1, 0.15) is 30.9 Å². The van der Waals surface area contributed by atoms with Gasteiger partial charge in [0.05, 0.1) is 0 Å². The van der Waals surface area contributed by atoms with Crippen LogP contribution in [0, 0.1) is 6.92 Å². The Labute approximate surface area is 66.3 Å². The molecule has 0 fully saturated rings. The van der Waals surface area contributed by atoms with E-state index in [1.807, 2.05) is 0 Å². The molecule has 2 heterocycles. The van der Waals surface area contributed by atoms with Gasteiger partial charge in [-0.2, -0.15) is 0 Å². The summed E-state index contributed by atoms with van der Waals surface area (Å²) in [5.41, 5.74) is 4.72. The van der Waals surface area contributed by atoms with E-state index in [-0.39, 0.29) is 0 Å². The van der Waals surface area contributed by atoms with Crippen molar-refractivity contribution in [2.24, 2.45) is 0 Å². The normalized spacial score (nSPS) is 12.0. The number of hydrogen-bond acceptors (Lipinski definition) is 1. The fourth-order valence-corrected chi connectivity index (χ4v) is 1.51. The molecule has 0 aromatic carbocycles. The van der Waals surface area contributed by atoms with Crippen LogP contribution in [0.3, 0.4) is 0 Å². The van der Waals surface area contributed by atoms with Crippen molar-refractivity contribution in [1.29, 1.82) is 0 Å². The molecule has 2 aromatic heterocycles. The molecule has 0 atom stereocenters. The lowest BCUT2D eigenvalue weighted by atomic mass is 10.0. The molecular formula is C10H12O. The van der Waals surface area contributed by atoms with Gasteiger partial charge in [-0.15, -0.1) is 0 Å². The van der Waals surface area contributed by atoms with Crippen molar-refractivity contribution in [3.05, 3.63) is 23.3 Å². The minimum atomic E-state index is 0.575. The summed E-state index contributed by atoms with van der Waals surface area (Å²) in [7, 11) is 0. The van der Waals surface area contributed by atoms with Crippen LogP contribution in [-0.2, 0) is 0 Å². The molecule has 0 N–H and O–H groups in total. The highest BCUT2D eigenvalue weighted by Gasteiger charge is 2.12. The van der Waals surface area contributed by atoms with E-state index in [2.05, 4.69) is 32.9 Å². The molecule has 1 heteroatoms. The third-order valence-corrected chi connectivity index (χ3v) is 2.12. The molecule has 2 rings (SSSR count). The van der Waals surface area contributed by atoms with E-state index >= 15 is 0 Å². The molecule has 0 radical (unpaired) electrons. The molecule has 1 nitrogen and oxygen atoms in total. The van der Waals surface area contributed by atoms with Gasteiger partial charge in [0, 0.05) is 5.56 Å². The predicted octanol–water partition coefficient (Wildman–Crippen LogP) is 3.30. The van der Waals surface area contributed by atoms with Gasteiger partial charge < -0.3 is 4.42 Å². The van der Waals surface area contributed by atoms with Crippen LogP contribution >= 0.6 is 0 Å². The number of benzene rings is 1. The summed E-state index contributed by atoms with van der Waals surface area (Å²) in [6.07, 6.45) is 0. The second-order valence-electron chi connectivity index (χ2n) is 3.42. The van der Waals surface area contributed by atoms with Crippen LogP contribution in [0.5, 0.6) is 0 Å². The van der Waals surface area contributed by atoms with E-state index in [0.29, 0.717) is 5.92 Å². The Morgan fingerprint density at radius 2 is 2.00 bits per heavy atom. The highest BCUT2D eigenvalue weighted by atomic mass is 16.3. The van der Waals surface area contributed by atoms with Gasteiger partial charge in [-0.1, -0.05) is 13.8 Å². The van der Waals surface area contributed by atoms with E-state index in [0.717, 1.165) is 11.2 Å². The fourth-order valence-electron chi connectivity index (χ4n) is 1.51. The first-order chi connectivity index (χ1) is 5.18. The van der Waals surface area contributed by atoms with Crippen molar-refractivity contribution < 1.29 is 4.42 Å². The molecule has 2 bridgehead atoms. The lowest BCUT2D eigenvalue weighted by Crippen LogP contribution is -1.85. The van der Waals surface area contributed by atoms with E-state index in [9.17, 15) is 0 Å². The van der Waals surface area contributed by atoms with Crippen molar-refractivity contribution in [1.82, 2.24) is 0 Å². The monoisotopic (exact) mass is 148 g/mol. The third kappa shape index (κ3) is 0.839. The van der Waals surface area contributed by atoms with Crippen LogP contribution in [0.2, 0.25) is 0 Å². The number of furan rings is 2. The molecule has 0 saturated carbocycles. The Morgan fingerprint density at radius 1 is 1.27 bits per heavy atom. The minimum absolute atomic E-state index is 0.575. The Hall–Kier alpha value is -0.980. The lowest BCUT2D eigenvalue weighted by Gasteiger charge is -2.00. The summed E-state index contributed by atoms with van der Waals surface area (Å²) >= 11 is 0. The van der Waals surface area contributed by atoms with Gasteiger partial charge in [-0.05, 0) is 30.5 Å². The van der Waals surface area contributed by atoms with Crippen LogP contribution in [0.15, 0.2) is 16.5 Å². The summed E-state index contributed by atoms with van der Waals surface area (Å²) in [5.74, 6) is 0.575. The van der Waals surface area contributed by atoms with Crippen molar-refractivity contribution in [3.63, 3.8) is 0 Å². The van der Waals surface area contributed by atoms with Crippen LogP contribution in [-0.4, -0.2) is 0 Å². The largest absolute Gasteiger partial charge is 0.457 e. The Morgan fingerprint density at radius 3 is 2.36 bits per heavy atom. The molecule has 0 aliphatic heterocycles. The maximum Gasteiger partial charge on any atom is 0.134 e. The third-order valence-electron chi connectivity index (χ3n) is 2.12. The highest BCUT2D eigenvalue weighted by Crippen LogP contribution is 2.31. The standard InChI is InChI=1S/C10H12O/c1-6(2)9-5-8-4-7(3)10(9)11-8/h4-6H,1-3H3. The smallest absolute Gasteiger partial charge is 0.134 e. The Bertz CT molecular complexity index is 357. The first kappa shape index (κ1) is 6.71. The summed E-state index contributed by atoms with van der Waals surface area (Å²) in [5, 5.41) is 0. The molecule has 0 spiro atoms. The van der Waals surface area contributed by atoms with E-state index in [1.165, 1.54) is 11.1 Å². The predicted molar refractivity (Wildman–Crippen MR) is 46.2 cm³/mol. The number of rotatable bonds is 1. The Balaban J connectivity index is 2.67. The van der Waals surface area contributed by atoms with Gasteiger partial charge in [0.15, 0.2) is 0 Å². The van der Waals surface area contributed by atoms with E-state index in [4.69, 9.17) is 4.42 Å². The van der Waals surface area contributed by atoms with Gasteiger partial charge >= 0.3 is 0 Å². The van der Waals surface area contributed by atoms with Crippen LogP contribution in [0.4, 0.5) is 0 Å². The molecule has 0 saturated heterocycles. The van der Waals surface area contributed by atoms with Gasteiger partial charge in [-0.25, -0.2) is 0 Å². The molecule has 0 aliphatic carbocycles. The molecular weight excluding hydrogens is 136 g/mol. The summed E-state index contributed by atoms with van der Waals surface area (Å²) in [6, 6.07) is 4.22. The summed E-state index contributed by atoms with van der Waals surface area (Å²) in [6.45, 7) is 6.48. The lowest BCUT2D eigenvalue weighted by molar-refractivity contribution is 0.668. The minimum Gasteiger partial charge on any atom is -0.457 e. The highest BCUT2D eigenvalue weighted by molar-refractivity contribution is 5.71. The molecule has 11 heavy (non-hydrogen) atoms. The van der Waals surface area contributed by atoms with Crippen molar-refractivity contribution in [2.75, 3.05) is 0 Å². The summed E-state index contributed by atoms with van der Waals surface area (Å²) < 4.78 is 5.51. The molecule has 0 unspecified atom stereocenters. The fraction of sp³-hybridized carbons (Fsp3) is 0.400. The average molecular weight is 148 g/mol. The van der Waals surface area contributed by atoms with Crippen molar-refractivity contribution >= 4 is 11.2 Å². The van der Waals surface area contributed by atoms with Crippen LogP contribution in [0.25, 0.3) is 11.2 Å². The Kier molecular flexibility index (Phi) is 1.22. The average Bonchev–Trinajstić information content (AvgIpc) is 2.43. The zero-order valence-corrected chi connectivity index (χ0v) is 7.14. The number of hydrogen-bond donors (Lipinski definition) is 0. The summed E-state index contributed by atoms with van der Waals surface area (Å²) in [4.78, 5) is 0. The topological polar surface area (TPSA) is 13.1 Å². The van der Waals surface area contributed by atoms with Crippen molar-refractivity contribution in [3.8, 4) is 0 Å². The van der Waals surface area contributed by atoms with E-state index < -0.39 is 0 Å². The maximum atomic E-state index is 5.51. The second kappa shape index (κ2) is 2.00. The zero-order valence-electron chi connectivity index (χ0n) is 7.14. The van der Waals surface area contributed by atoms with Gasteiger partial charge in [-0.3, -0.25) is 0 Å². The number of fused-ring (bicyclic) bond motifs is 2.